The van der Waals surface area contributed by atoms with Crippen LogP contribution >= 0.6 is 0 Å². The number of hydrogen-bond donors (Lipinski definition) is 3. The van der Waals surface area contributed by atoms with Crippen LogP contribution in [0.2, 0.25) is 0 Å². The maximum absolute atomic E-state index is 9.60. The molecule has 0 saturated heterocycles. The first kappa shape index (κ1) is 18.8. The van der Waals surface area contributed by atoms with Crippen molar-refractivity contribution >= 4 is 0 Å². The summed E-state index contributed by atoms with van der Waals surface area (Å²) >= 11 is 0. The molecule has 0 aromatic rings. The van der Waals surface area contributed by atoms with E-state index in [9.17, 15) is 10.2 Å². The third kappa shape index (κ3) is 10.3. The van der Waals surface area contributed by atoms with E-state index in [0.29, 0.717) is 13.0 Å². The molecule has 0 aliphatic heterocycles. The highest BCUT2D eigenvalue weighted by Gasteiger charge is 2.28. The average molecular weight is 275 g/mol. The van der Waals surface area contributed by atoms with Crippen LogP contribution in [0.4, 0.5) is 0 Å². The first-order valence-corrected chi connectivity index (χ1v) is 7.67. The van der Waals surface area contributed by atoms with E-state index in [0.717, 1.165) is 18.8 Å². The number of ether oxygens (including phenoxy) is 1. The van der Waals surface area contributed by atoms with Gasteiger partial charge in [0, 0.05) is 6.61 Å². The summed E-state index contributed by atoms with van der Waals surface area (Å²) in [5.41, 5.74) is 3.97. The minimum Gasteiger partial charge on any atom is -0.386 e. The second-order valence-electron chi connectivity index (χ2n) is 5.89. The maximum atomic E-state index is 9.60. The lowest BCUT2D eigenvalue weighted by Crippen LogP contribution is -2.52. The van der Waals surface area contributed by atoms with Gasteiger partial charge in [0.15, 0.2) is 0 Å². The molecule has 19 heavy (non-hydrogen) atoms. The Hall–Kier alpha value is -0.160. The van der Waals surface area contributed by atoms with Gasteiger partial charge in [-0.1, -0.05) is 52.9 Å². The molecule has 116 valence electrons. The van der Waals surface area contributed by atoms with Crippen LogP contribution in [0.1, 0.15) is 65.7 Å². The minimum absolute atomic E-state index is 0.105. The van der Waals surface area contributed by atoms with Crippen LogP contribution in [0.25, 0.3) is 0 Å². The quantitative estimate of drug-likeness (QED) is 0.378. The van der Waals surface area contributed by atoms with Crippen molar-refractivity contribution in [1.82, 2.24) is 0 Å². The van der Waals surface area contributed by atoms with E-state index >= 15 is 0 Å². The lowest BCUT2D eigenvalue weighted by Gasteiger charge is -2.27. The highest BCUT2D eigenvalue weighted by atomic mass is 16.5. The number of unbranched alkanes of at least 4 members (excludes halogenated alkanes) is 4. The van der Waals surface area contributed by atoms with E-state index < -0.39 is 11.8 Å². The van der Waals surface area contributed by atoms with E-state index in [-0.39, 0.29) is 6.61 Å². The van der Waals surface area contributed by atoms with Crippen LogP contribution in [-0.2, 0) is 4.74 Å². The zero-order valence-electron chi connectivity index (χ0n) is 12.9. The molecule has 0 amide bonds. The monoisotopic (exact) mass is 275 g/mol. The SMILES string of the molecule is CCC(N)(O)C(O)COCCCCCCCC(C)C. The van der Waals surface area contributed by atoms with Crippen LogP contribution in [0.15, 0.2) is 0 Å². The molecular formula is C15H33NO3. The van der Waals surface area contributed by atoms with Crippen molar-refractivity contribution in [2.24, 2.45) is 11.7 Å². The second-order valence-corrected chi connectivity index (χ2v) is 5.89. The van der Waals surface area contributed by atoms with Gasteiger partial charge in [0.25, 0.3) is 0 Å². The van der Waals surface area contributed by atoms with Crippen LogP contribution < -0.4 is 5.73 Å². The Morgan fingerprint density at radius 1 is 1.11 bits per heavy atom. The standard InChI is InChI=1S/C15H33NO3/c1-4-15(16,18)14(17)12-19-11-9-7-5-6-8-10-13(2)3/h13-14,17-18H,4-12,16H2,1-3H3. The van der Waals surface area contributed by atoms with Crippen molar-refractivity contribution in [2.45, 2.75) is 77.5 Å². The summed E-state index contributed by atoms with van der Waals surface area (Å²) in [6.07, 6.45) is 6.63. The number of aliphatic hydroxyl groups is 2. The molecule has 0 spiro atoms. The molecule has 0 bridgehead atoms. The fourth-order valence-corrected chi connectivity index (χ4v) is 1.86. The normalized spacial score (nSPS) is 16.6. The maximum Gasteiger partial charge on any atom is 0.141 e. The van der Waals surface area contributed by atoms with Crippen LogP contribution in [0.3, 0.4) is 0 Å². The van der Waals surface area contributed by atoms with Crippen molar-refractivity contribution in [3.63, 3.8) is 0 Å². The molecule has 0 aliphatic carbocycles. The number of rotatable bonds is 12. The van der Waals surface area contributed by atoms with E-state index in [1.165, 1.54) is 25.7 Å². The summed E-state index contributed by atoms with van der Waals surface area (Å²) in [6.45, 7) is 6.98. The highest BCUT2D eigenvalue weighted by molar-refractivity contribution is 4.77. The van der Waals surface area contributed by atoms with Gasteiger partial charge < -0.3 is 20.7 Å². The summed E-state index contributed by atoms with van der Waals surface area (Å²) in [4.78, 5) is 0. The van der Waals surface area contributed by atoms with Crippen molar-refractivity contribution < 1.29 is 14.9 Å². The Morgan fingerprint density at radius 3 is 2.26 bits per heavy atom. The lowest BCUT2D eigenvalue weighted by molar-refractivity contribution is -0.105. The van der Waals surface area contributed by atoms with Gasteiger partial charge in [0.2, 0.25) is 0 Å². The van der Waals surface area contributed by atoms with Crippen molar-refractivity contribution in [3.05, 3.63) is 0 Å². The molecule has 0 saturated carbocycles. The van der Waals surface area contributed by atoms with E-state index in [1.54, 1.807) is 6.92 Å². The molecular weight excluding hydrogens is 242 g/mol. The number of nitrogens with two attached hydrogens (primary N) is 1. The van der Waals surface area contributed by atoms with Gasteiger partial charge in [0.05, 0.1) is 6.61 Å². The Morgan fingerprint density at radius 2 is 1.68 bits per heavy atom. The Balaban J connectivity index is 3.32. The molecule has 0 rings (SSSR count). The third-order valence-electron chi connectivity index (χ3n) is 3.49. The zero-order valence-corrected chi connectivity index (χ0v) is 12.9. The minimum atomic E-state index is -1.53. The average Bonchev–Trinajstić information content (AvgIpc) is 2.36. The van der Waals surface area contributed by atoms with Crippen molar-refractivity contribution in [1.29, 1.82) is 0 Å². The summed E-state index contributed by atoms with van der Waals surface area (Å²) in [5, 5.41) is 19.2. The zero-order chi connectivity index (χ0) is 14.7. The lowest BCUT2D eigenvalue weighted by atomic mass is 10.0. The van der Waals surface area contributed by atoms with Crippen LogP contribution in [0, 0.1) is 5.92 Å². The fraction of sp³-hybridized carbons (Fsp3) is 1.00. The molecule has 0 aliphatic rings. The van der Waals surface area contributed by atoms with E-state index in [2.05, 4.69) is 13.8 Å². The number of aliphatic hydroxyl groups excluding tert-OH is 1. The molecule has 0 aromatic carbocycles. The summed E-state index contributed by atoms with van der Waals surface area (Å²) in [7, 11) is 0. The molecule has 4 N–H and O–H groups in total. The third-order valence-corrected chi connectivity index (χ3v) is 3.49. The number of hydrogen-bond acceptors (Lipinski definition) is 4. The molecule has 0 aromatic heterocycles. The van der Waals surface area contributed by atoms with Crippen LogP contribution in [-0.4, -0.2) is 35.3 Å². The molecule has 2 atom stereocenters. The van der Waals surface area contributed by atoms with Gasteiger partial charge in [-0.05, 0) is 18.8 Å². The van der Waals surface area contributed by atoms with Gasteiger partial charge in [-0.3, -0.25) is 0 Å². The predicted molar refractivity (Wildman–Crippen MR) is 78.8 cm³/mol. The predicted octanol–water partition coefficient (Wildman–Crippen LogP) is 2.42. The van der Waals surface area contributed by atoms with Gasteiger partial charge in [-0.2, -0.15) is 0 Å². The smallest absolute Gasteiger partial charge is 0.141 e. The Labute approximate surface area is 118 Å². The van der Waals surface area contributed by atoms with Gasteiger partial charge in [-0.15, -0.1) is 0 Å². The Kier molecular flexibility index (Phi) is 10.5. The second kappa shape index (κ2) is 10.6. The molecule has 0 radical (unpaired) electrons. The van der Waals surface area contributed by atoms with E-state index in [1.807, 2.05) is 0 Å². The molecule has 4 heteroatoms. The molecule has 2 unspecified atom stereocenters. The van der Waals surface area contributed by atoms with Crippen LogP contribution in [0.5, 0.6) is 0 Å². The van der Waals surface area contributed by atoms with Gasteiger partial charge >= 0.3 is 0 Å². The summed E-state index contributed by atoms with van der Waals surface area (Å²) in [6, 6.07) is 0. The fourth-order valence-electron chi connectivity index (χ4n) is 1.86. The first-order chi connectivity index (χ1) is 8.90. The Bertz CT molecular complexity index is 208. The van der Waals surface area contributed by atoms with Gasteiger partial charge in [-0.25, -0.2) is 0 Å². The molecule has 0 heterocycles. The van der Waals surface area contributed by atoms with Crippen molar-refractivity contribution in [2.75, 3.05) is 13.2 Å². The van der Waals surface area contributed by atoms with Gasteiger partial charge in [0.1, 0.15) is 11.8 Å². The summed E-state index contributed by atoms with van der Waals surface area (Å²) < 4.78 is 5.34. The summed E-state index contributed by atoms with van der Waals surface area (Å²) in [5.74, 6) is 0.804. The highest BCUT2D eigenvalue weighted by Crippen LogP contribution is 2.11. The molecule has 4 nitrogen and oxygen atoms in total. The largest absolute Gasteiger partial charge is 0.386 e. The topological polar surface area (TPSA) is 75.7 Å². The first-order valence-electron chi connectivity index (χ1n) is 7.67. The van der Waals surface area contributed by atoms with Crippen molar-refractivity contribution in [3.8, 4) is 0 Å². The molecule has 0 fully saturated rings. The van der Waals surface area contributed by atoms with E-state index in [4.69, 9.17) is 10.5 Å².